The van der Waals surface area contributed by atoms with Gasteiger partial charge in [-0.2, -0.15) is 5.10 Å². The maximum Gasteiger partial charge on any atom is 0.410 e. The monoisotopic (exact) mass is 601 g/mol. The van der Waals surface area contributed by atoms with E-state index >= 15 is 0 Å². The number of ether oxygens (including phenoxy) is 1. The van der Waals surface area contributed by atoms with E-state index in [-0.39, 0.29) is 24.1 Å². The molecule has 1 fully saturated rings. The molecule has 1 aliphatic rings. The van der Waals surface area contributed by atoms with Crippen LogP contribution in [0, 0.1) is 0 Å². The number of aromatic nitrogens is 4. The fraction of sp³-hybridized carbons (Fsp3) is 0.344. The van der Waals surface area contributed by atoms with Crippen molar-refractivity contribution < 1.29 is 14.3 Å². The molecule has 10 nitrogen and oxygen atoms in total. The summed E-state index contributed by atoms with van der Waals surface area (Å²) in [6, 6.07) is 15.2. The molecule has 43 heavy (non-hydrogen) atoms. The number of fused-ring (bicyclic) bond motifs is 1. The summed E-state index contributed by atoms with van der Waals surface area (Å²) in [5.41, 5.74) is 3.06. The van der Waals surface area contributed by atoms with E-state index in [0.717, 1.165) is 35.7 Å². The van der Waals surface area contributed by atoms with Crippen LogP contribution in [0.5, 0.6) is 0 Å². The van der Waals surface area contributed by atoms with Crippen molar-refractivity contribution in [2.75, 3.05) is 10.6 Å². The Bertz CT molecular complexity index is 1610. The number of nitrogens with zero attached hydrogens (tertiary/aromatic N) is 4. The average Bonchev–Trinajstić information content (AvgIpc) is 3.41. The molecular formula is C32H36ClN7O3. The topological polar surface area (TPSA) is 125 Å². The largest absolute Gasteiger partial charge is 0.444 e. The van der Waals surface area contributed by atoms with Gasteiger partial charge in [-0.1, -0.05) is 48.5 Å². The van der Waals surface area contributed by atoms with Gasteiger partial charge >= 0.3 is 6.09 Å². The molecule has 0 saturated heterocycles. The summed E-state index contributed by atoms with van der Waals surface area (Å²) >= 11 is 6.51. The van der Waals surface area contributed by atoms with Crippen molar-refractivity contribution >= 4 is 46.1 Å². The number of carbonyl (C=O) groups is 2. The molecule has 0 bridgehead atoms. The van der Waals surface area contributed by atoms with Crippen LogP contribution >= 0.6 is 11.6 Å². The number of H-pyrrole nitrogens is 1. The van der Waals surface area contributed by atoms with Crippen molar-refractivity contribution in [3.05, 3.63) is 78.0 Å². The Hall–Kier alpha value is -4.44. The Morgan fingerprint density at radius 3 is 2.65 bits per heavy atom. The number of hydrogen-bond acceptors (Lipinski definition) is 7. The van der Waals surface area contributed by atoms with Crippen molar-refractivity contribution in [3.63, 3.8) is 0 Å². The molecule has 1 unspecified atom stereocenters. The molecule has 2 heterocycles. The third kappa shape index (κ3) is 7.50. The van der Waals surface area contributed by atoms with Gasteiger partial charge in [0.1, 0.15) is 17.0 Å². The number of hydrogen-bond donors (Lipinski definition) is 3. The summed E-state index contributed by atoms with van der Waals surface area (Å²) in [7, 11) is 0. The maximum atomic E-state index is 13.5. The zero-order valence-corrected chi connectivity index (χ0v) is 25.3. The van der Waals surface area contributed by atoms with E-state index < -0.39 is 5.60 Å². The van der Waals surface area contributed by atoms with Crippen LogP contribution in [0.3, 0.4) is 0 Å². The highest BCUT2D eigenvalue weighted by Crippen LogP contribution is 2.32. The fourth-order valence-corrected chi connectivity index (χ4v) is 5.43. The summed E-state index contributed by atoms with van der Waals surface area (Å²) in [5.74, 6) is 0.177. The van der Waals surface area contributed by atoms with Crippen molar-refractivity contribution in [2.45, 2.75) is 70.7 Å². The number of benzene rings is 2. The first kappa shape index (κ1) is 30.0. The van der Waals surface area contributed by atoms with Gasteiger partial charge in [0.05, 0.1) is 16.7 Å². The molecule has 1 aliphatic carbocycles. The quantitative estimate of drug-likeness (QED) is 0.186. The predicted molar refractivity (Wildman–Crippen MR) is 169 cm³/mol. The zero-order chi connectivity index (χ0) is 30.6. The Balaban J connectivity index is 1.33. The van der Waals surface area contributed by atoms with E-state index in [9.17, 15) is 9.59 Å². The summed E-state index contributed by atoms with van der Waals surface area (Å²) in [4.78, 5) is 36.1. The Labute approximate surface area is 255 Å². The first-order valence-corrected chi connectivity index (χ1v) is 14.7. The molecule has 5 rings (SSSR count). The van der Waals surface area contributed by atoms with E-state index in [1.165, 1.54) is 6.08 Å². The van der Waals surface area contributed by atoms with Gasteiger partial charge in [-0.25, -0.2) is 14.8 Å². The lowest BCUT2D eigenvalue weighted by Gasteiger charge is -2.38. The highest BCUT2D eigenvalue weighted by Gasteiger charge is 2.33. The number of amides is 2. The number of halogens is 1. The Morgan fingerprint density at radius 2 is 1.91 bits per heavy atom. The van der Waals surface area contributed by atoms with Crippen molar-refractivity contribution in [3.8, 4) is 11.4 Å². The minimum absolute atomic E-state index is 0.0325. The highest BCUT2D eigenvalue weighted by molar-refractivity contribution is 6.33. The van der Waals surface area contributed by atoms with Crippen LogP contribution in [-0.2, 0) is 16.1 Å². The molecule has 0 aliphatic heterocycles. The van der Waals surface area contributed by atoms with Crippen LogP contribution in [0.15, 0.2) is 67.4 Å². The second kappa shape index (κ2) is 12.8. The second-order valence-electron chi connectivity index (χ2n) is 11.7. The highest BCUT2D eigenvalue weighted by atomic mass is 35.5. The lowest BCUT2D eigenvalue weighted by Crippen LogP contribution is -2.46. The second-order valence-corrected chi connectivity index (χ2v) is 12.1. The molecule has 2 atom stereocenters. The molecule has 2 aromatic carbocycles. The number of rotatable bonds is 8. The number of anilines is 2. The minimum Gasteiger partial charge on any atom is -0.444 e. The summed E-state index contributed by atoms with van der Waals surface area (Å²) in [6.07, 6.45) is 5.81. The molecule has 0 spiro atoms. The smallest absolute Gasteiger partial charge is 0.410 e. The molecule has 2 aromatic heterocycles. The molecule has 2 amide bonds. The Morgan fingerprint density at radius 1 is 1.14 bits per heavy atom. The fourth-order valence-electron chi connectivity index (χ4n) is 5.25. The number of aromatic amines is 1. The number of nitrogens with one attached hydrogen (secondary N) is 3. The van der Waals surface area contributed by atoms with Gasteiger partial charge in [-0.05, 0) is 76.3 Å². The molecule has 0 radical (unpaired) electrons. The van der Waals surface area contributed by atoms with E-state index in [4.69, 9.17) is 21.3 Å². The summed E-state index contributed by atoms with van der Waals surface area (Å²) in [5, 5.41) is 15.0. The lowest BCUT2D eigenvalue weighted by molar-refractivity contribution is -0.111. The Kier molecular flexibility index (Phi) is 8.96. The first-order valence-electron chi connectivity index (χ1n) is 14.3. The van der Waals surface area contributed by atoms with Gasteiger partial charge in [0.15, 0.2) is 0 Å². The van der Waals surface area contributed by atoms with Crippen LogP contribution in [-0.4, -0.2) is 54.8 Å². The van der Waals surface area contributed by atoms with Crippen molar-refractivity contribution in [1.82, 2.24) is 25.1 Å². The predicted octanol–water partition coefficient (Wildman–Crippen LogP) is 6.96. The van der Waals surface area contributed by atoms with Crippen molar-refractivity contribution in [1.29, 1.82) is 0 Å². The number of para-hydroxylation sites is 1. The van der Waals surface area contributed by atoms with Gasteiger partial charge < -0.3 is 20.3 Å². The van der Waals surface area contributed by atoms with Gasteiger partial charge in [-0.3, -0.25) is 9.89 Å². The normalized spacial score (nSPS) is 16.8. The summed E-state index contributed by atoms with van der Waals surface area (Å²) < 4.78 is 5.82. The van der Waals surface area contributed by atoms with Crippen molar-refractivity contribution in [2.24, 2.45) is 0 Å². The third-order valence-corrected chi connectivity index (χ3v) is 7.52. The molecule has 1 saturated carbocycles. The van der Waals surface area contributed by atoms with Crippen LogP contribution in [0.1, 0.15) is 52.0 Å². The maximum absolute atomic E-state index is 13.5. The van der Waals surface area contributed by atoms with Crippen LogP contribution in [0.2, 0.25) is 5.02 Å². The summed E-state index contributed by atoms with van der Waals surface area (Å²) in [6.45, 7) is 9.45. The SMILES string of the molecule is C=CC(=O)Nc1ccc(CN(C(=O)OC(C)(C)C)C2CCC[C@@H](Nc3ncc(Cl)c(-c4n[nH]c5ccccc45)n3)C2)cc1. The van der Waals surface area contributed by atoms with Crippen LogP contribution in [0.4, 0.5) is 16.4 Å². The third-order valence-electron chi connectivity index (χ3n) is 7.25. The van der Waals surface area contributed by atoms with E-state index in [1.54, 1.807) is 11.1 Å². The van der Waals surface area contributed by atoms with Gasteiger partial charge in [0.2, 0.25) is 11.9 Å². The first-order chi connectivity index (χ1) is 20.6. The van der Waals surface area contributed by atoms with E-state index in [1.807, 2.05) is 69.3 Å². The standard InChI is InChI=1S/C32H36ClN7O3/c1-5-27(41)35-21-15-13-20(14-16-21)19-40(31(42)43-32(2,3)4)23-10-8-9-22(17-23)36-30-34-18-25(33)29(37-30)28-24-11-6-7-12-26(24)38-39-28/h5-7,11-16,18,22-23H,1,8-10,17,19H2,2-4H3,(H,35,41)(H,38,39)(H,34,36,37)/t22-,23?/m1/s1. The van der Waals surface area contributed by atoms with E-state index in [0.29, 0.717) is 41.0 Å². The molecule has 224 valence electrons. The van der Waals surface area contributed by atoms with E-state index in [2.05, 4.69) is 32.4 Å². The molecule has 11 heteroatoms. The van der Waals surface area contributed by atoms with Gasteiger partial charge in [0, 0.05) is 29.7 Å². The van der Waals surface area contributed by atoms with Crippen LogP contribution < -0.4 is 10.6 Å². The minimum atomic E-state index is -0.634. The molecule has 4 aromatic rings. The average molecular weight is 602 g/mol. The van der Waals surface area contributed by atoms with Gasteiger partial charge in [0.25, 0.3) is 0 Å². The van der Waals surface area contributed by atoms with Gasteiger partial charge in [-0.15, -0.1) is 0 Å². The van der Waals surface area contributed by atoms with Crippen LogP contribution in [0.25, 0.3) is 22.3 Å². The zero-order valence-electron chi connectivity index (χ0n) is 24.6. The lowest BCUT2D eigenvalue weighted by atomic mass is 9.90. The molecule has 3 N–H and O–H groups in total. The molecular weight excluding hydrogens is 566 g/mol. The number of carbonyl (C=O) groups excluding carboxylic acids is 2.